The molecule has 0 amide bonds. The van der Waals surface area contributed by atoms with E-state index in [1.807, 2.05) is 24.7 Å². The Labute approximate surface area is 111 Å². The summed E-state index contributed by atoms with van der Waals surface area (Å²) in [5.74, 6) is 0. The van der Waals surface area contributed by atoms with Crippen LogP contribution in [0.3, 0.4) is 0 Å². The van der Waals surface area contributed by atoms with Gasteiger partial charge in [-0.15, -0.1) is 0 Å². The second kappa shape index (κ2) is 4.18. The first-order valence-corrected chi connectivity index (χ1v) is 6.77. The van der Waals surface area contributed by atoms with Crippen molar-refractivity contribution in [3.63, 3.8) is 0 Å². The lowest BCUT2D eigenvalue weighted by atomic mass is 9.93. The van der Waals surface area contributed by atoms with E-state index in [9.17, 15) is 5.11 Å². The number of hydrogen-bond acceptors (Lipinski definition) is 3. The number of fused-ring (bicyclic) bond motifs is 3. The van der Waals surface area contributed by atoms with E-state index < -0.39 is 6.10 Å². The van der Waals surface area contributed by atoms with Gasteiger partial charge in [-0.25, -0.2) is 4.98 Å². The monoisotopic (exact) mass is 256 g/mol. The molecule has 4 heteroatoms. The lowest BCUT2D eigenvalue weighted by Gasteiger charge is -2.33. The van der Waals surface area contributed by atoms with Crippen LogP contribution in [0.1, 0.15) is 24.4 Å². The zero-order valence-corrected chi connectivity index (χ0v) is 10.6. The Morgan fingerprint density at radius 2 is 2.21 bits per heavy atom. The van der Waals surface area contributed by atoms with Crippen LogP contribution in [0.15, 0.2) is 36.8 Å². The van der Waals surface area contributed by atoms with Crippen LogP contribution in [-0.2, 0) is 4.74 Å². The first-order valence-electron chi connectivity index (χ1n) is 6.77. The Morgan fingerprint density at radius 3 is 3.11 bits per heavy atom. The number of hydrogen-bond donors (Lipinski definition) is 1. The highest BCUT2D eigenvalue weighted by atomic mass is 16.5. The van der Waals surface area contributed by atoms with Gasteiger partial charge < -0.3 is 14.4 Å². The highest BCUT2D eigenvalue weighted by Crippen LogP contribution is 2.43. The van der Waals surface area contributed by atoms with E-state index in [0.717, 1.165) is 25.1 Å². The van der Waals surface area contributed by atoms with Gasteiger partial charge in [0.25, 0.3) is 0 Å². The van der Waals surface area contributed by atoms with Gasteiger partial charge in [0.2, 0.25) is 0 Å². The number of aliphatic hydroxyl groups is 1. The number of aliphatic hydroxyl groups excluding tert-OH is 1. The number of aromatic nitrogens is 2. The Kier molecular flexibility index (Phi) is 2.47. The molecule has 0 spiro atoms. The Hall–Kier alpha value is -1.65. The molecule has 2 aliphatic rings. The highest BCUT2D eigenvalue weighted by molar-refractivity contribution is 5.69. The minimum absolute atomic E-state index is 0.0454. The van der Waals surface area contributed by atoms with Crippen molar-refractivity contribution in [3.05, 3.63) is 42.4 Å². The van der Waals surface area contributed by atoms with E-state index in [-0.39, 0.29) is 12.1 Å². The van der Waals surface area contributed by atoms with Crippen molar-refractivity contribution in [2.45, 2.75) is 31.1 Å². The third-order valence-corrected chi connectivity index (χ3v) is 4.17. The fraction of sp³-hybridized carbons (Fsp3) is 0.400. The van der Waals surface area contributed by atoms with Crippen molar-refractivity contribution in [1.82, 2.24) is 9.55 Å². The summed E-state index contributed by atoms with van der Waals surface area (Å²) in [4.78, 5) is 4.24. The topological polar surface area (TPSA) is 47.3 Å². The number of imidazole rings is 1. The Balaban J connectivity index is 1.84. The molecule has 98 valence electrons. The van der Waals surface area contributed by atoms with Gasteiger partial charge in [0.1, 0.15) is 6.10 Å². The van der Waals surface area contributed by atoms with Crippen molar-refractivity contribution in [3.8, 4) is 11.3 Å². The van der Waals surface area contributed by atoms with Gasteiger partial charge in [0, 0.05) is 12.2 Å². The van der Waals surface area contributed by atoms with Gasteiger partial charge in [-0.1, -0.05) is 24.3 Å². The van der Waals surface area contributed by atoms with Crippen LogP contribution in [0, 0.1) is 0 Å². The molecule has 0 saturated carbocycles. The molecule has 0 aliphatic carbocycles. The summed E-state index contributed by atoms with van der Waals surface area (Å²) in [6.07, 6.45) is 4.89. The molecule has 4 nitrogen and oxygen atoms in total. The summed E-state index contributed by atoms with van der Waals surface area (Å²) >= 11 is 0. The molecule has 3 unspecified atom stereocenters. The van der Waals surface area contributed by atoms with Gasteiger partial charge >= 0.3 is 0 Å². The fourth-order valence-electron chi connectivity index (χ4n) is 3.30. The molecule has 1 aromatic heterocycles. The number of benzene rings is 1. The molecular formula is C15H16N2O2. The maximum atomic E-state index is 10.3. The van der Waals surface area contributed by atoms with Crippen LogP contribution in [-0.4, -0.2) is 33.5 Å². The zero-order chi connectivity index (χ0) is 12.8. The van der Waals surface area contributed by atoms with Gasteiger partial charge in [0.15, 0.2) is 0 Å². The average Bonchev–Trinajstić information content (AvgIpc) is 3.00. The maximum absolute atomic E-state index is 10.3. The normalized spacial score (nSPS) is 29.0. The predicted octanol–water partition coefficient (Wildman–Crippen LogP) is 1.99. The van der Waals surface area contributed by atoms with Gasteiger partial charge in [-0.05, 0) is 18.4 Å². The molecule has 2 aliphatic heterocycles. The Morgan fingerprint density at radius 1 is 1.32 bits per heavy atom. The van der Waals surface area contributed by atoms with Gasteiger partial charge in [0.05, 0.1) is 30.4 Å². The molecule has 1 N–H and O–H groups in total. The van der Waals surface area contributed by atoms with Gasteiger partial charge in [-0.3, -0.25) is 0 Å². The third-order valence-electron chi connectivity index (χ3n) is 4.17. The lowest BCUT2D eigenvalue weighted by molar-refractivity contribution is -0.0892. The van der Waals surface area contributed by atoms with Crippen molar-refractivity contribution >= 4 is 0 Å². The quantitative estimate of drug-likeness (QED) is 0.849. The van der Waals surface area contributed by atoms with Crippen LogP contribution in [0.2, 0.25) is 0 Å². The molecule has 1 fully saturated rings. The number of rotatable bonds is 1. The SMILES string of the molecule is OC1CCCOC1C1c2ccccc2-c2cncn21. The maximum Gasteiger partial charge on any atom is 0.108 e. The van der Waals surface area contributed by atoms with Crippen LogP contribution < -0.4 is 0 Å². The molecule has 0 bridgehead atoms. The van der Waals surface area contributed by atoms with E-state index in [1.165, 1.54) is 11.1 Å². The standard InChI is InChI=1S/C15H16N2O2/c18-13-6-3-7-19-15(13)14-11-5-2-1-4-10(11)12-8-16-9-17(12)14/h1-2,4-5,8-9,13-15,18H,3,6-7H2. The minimum atomic E-state index is -0.403. The van der Waals surface area contributed by atoms with E-state index in [1.54, 1.807) is 0 Å². The minimum Gasteiger partial charge on any atom is -0.390 e. The van der Waals surface area contributed by atoms with Crippen molar-refractivity contribution in [2.75, 3.05) is 6.61 Å². The van der Waals surface area contributed by atoms with Crippen LogP contribution >= 0.6 is 0 Å². The summed E-state index contributed by atoms with van der Waals surface area (Å²) in [6, 6.07) is 8.36. The molecule has 2 aromatic rings. The predicted molar refractivity (Wildman–Crippen MR) is 70.8 cm³/mol. The first-order chi connectivity index (χ1) is 9.36. The summed E-state index contributed by atoms with van der Waals surface area (Å²) < 4.78 is 7.99. The van der Waals surface area contributed by atoms with E-state index in [4.69, 9.17) is 4.74 Å². The molecule has 4 rings (SSSR count). The molecule has 3 heterocycles. The molecule has 1 aromatic carbocycles. The molecule has 19 heavy (non-hydrogen) atoms. The summed E-state index contributed by atoms with van der Waals surface area (Å²) in [5, 5.41) is 10.3. The zero-order valence-electron chi connectivity index (χ0n) is 10.6. The highest BCUT2D eigenvalue weighted by Gasteiger charge is 2.39. The van der Waals surface area contributed by atoms with Crippen LogP contribution in [0.4, 0.5) is 0 Å². The molecule has 1 saturated heterocycles. The van der Waals surface area contributed by atoms with E-state index >= 15 is 0 Å². The molecular weight excluding hydrogens is 240 g/mol. The van der Waals surface area contributed by atoms with Crippen molar-refractivity contribution in [2.24, 2.45) is 0 Å². The molecule has 0 radical (unpaired) electrons. The van der Waals surface area contributed by atoms with E-state index in [2.05, 4.69) is 21.7 Å². The van der Waals surface area contributed by atoms with Crippen LogP contribution in [0.5, 0.6) is 0 Å². The number of nitrogens with zero attached hydrogens (tertiary/aromatic N) is 2. The lowest BCUT2D eigenvalue weighted by Crippen LogP contribution is -2.40. The summed E-state index contributed by atoms with van der Waals surface area (Å²) in [6.45, 7) is 0.727. The second-order valence-electron chi connectivity index (χ2n) is 5.26. The van der Waals surface area contributed by atoms with Crippen LogP contribution in [0.25, 0.3) is 11.3 Å². The Bertz CT molecular complexity index is 608. The summed E-state index contributed by atoms with van der Waals surface area (Å²) in [5.41, 5.74) is 3.54. The van der Waals surface area contributed by atoms with Gasteiger partial charge in [-0.2, -0.15) is 0 Å². The summed E-state index contributed by atoms with van der Waals surface area (Å²) in [7, 11) is 0. The number of ether oxygens (including phenoxy) is 1. The van der Waals surface area contributed by atoms with Crippen molar-refractivity contribution in [1.29, 1.82) is 0 Å². The fourth-order valence-corrected chi connectivity index (χ4v) is 3.30. The largest absolute Gasteiger partial charge is 0.390 e. The molecule has 3 atom stereocenters. The van der Waals surface area contributed by atoms with Crippen molar-refractivity contribution < 1.29 is 9.84 Å². The third kappa shape index (κ3) is 1.57. The van der Waals surface area contributed by atoms with E-state index in [0.29, 0.717) is 0 Å². The smallest absolute Gasteiger partial charge is 0.108 e. The first kappa shape index (κ1) is 11.2. The second-order valence-corrected chi connectivity index (χ2v) is 5.26. The average molecular weight is 256 g/mol.